The summed E-state index contributed by atoms with van der Waals surface area (Å²) in [6.07, 6.45) is 1.54. The van der Waals surface area contributed by atoms with E-state index in [0.717, 1.165) is 5.56 Å². The summed E-state index contributed by atoms with van der Waals surface area (Å²) in [6, 6.07) is 16.7. The van der Waals surface area contributed by atoms with Gasteiger partial charge in [-0.1, -0.05) is 50.2 Å². The quantitative estimate of drug-likeness (QED) is 0.542. The highest BCUT2D eigenvalue weighted by atomic mass is 16.5. The van der Waals surface area contributed by atoms with E-state index < -0.39 is 5.91 Å². The van der Waals surface area contributed by atoms with Crippen molar-refractivity contribution < 1.29 is 14.3 Å². The zero-order chi connectivity index (χ0) is 20.5. The van der Waals surface area contributed by atoms with Gasteiger partial charge in [-0.15, -0.1) is 0 Å². The minimum atomic E-state index is -0.419. The first kappa shape index (κ1) is 21.0. The molecule has 0 spiro atoms. The molecule has 5 heteroatoms. The topological polar surface area (TPSA) is 71.3 Å². The van der Waals surface area contributed by atoms with Crippen molar-refractivity contribution in [3.05, 3.63) is 65.2 Å². The molecule has 2 aromatic carbocycles. The molecule has 0 saturated carbocycles. The second kappa shape index (κ2) is 10.2. The van der Waals surface area contributed by atoms with Gasteiger partial charge in [0.2, 0.25) is 0 Å². The van der Waals surface area contributed by atoms with E-state index in [9.17, 15) is 10.1 Å². The zero-order valence-corrected chi connectivity index (χ0v) is 16.7. The van der Waals surface area contributed by atoms with Gasteiger partial charge in [-0.2, -0.15) is 5.26 Å². The standard InChI is InChI=1S/C23H26N2O3/c1-16(2)15-28-21-11-10-18(13-22(21)27-4)12-20(14-24)23(26)25-17(3)19-8-6-5-7-9-19/h5-13,16-17H,15H2,1-4H3,(H,25,26)/b20-12+/t17-/m1/s1. The molecule has 0 saturated heterocycles. The van der Waals surface area contributed by atoms with Crippen LogP contribution in [0.2, 0.25) is 0 Å². The molecule has 0 aliphatic rings. The molecule has 0 radical (unpaired) electrons. The molecule has 28 heavy (non-hydrogen) atoms. The van der Waals surface area contributed by atoms with E-state index in [2.05, 4.69) is 19.2 Å². The summed E-state index contributed by atoms with van der Waals surface area (Å²) in [4.78, 5) is 12.5. The van der Waals surface area contributed by atoms with Crippen molar-refractivity contribution >= 4 is 12.0 Å². The molecule has 2 aromatic rings. The first-order chi connectivity index (χ1) is 13.4. The van der Waals surface area contributed by atoms with Gasteiger partial charge in [0.1, 0.15) is 11.6 Å². The van der Waals surface area contributed by atoms with Crippen molar-refractivity contribution in [2.45, 2.75) is 26.8 Å². The van der Waals surface area contributed by atoms with Crippen molar-refractivity contribution in [3.8, 4) is 17.6 Å². The Balaban J connectivity index is 2.16. The molecule has 0 aliphatic carbocycles. The Bertz CT molecular complexity index is 867. The average molecular weight is 378 g/mol. The van der Waals surface area contributed by atoms with E-state index in [0.29, 0.717) is 29.6 Å². The van der Waals surface area contributed by atoms with Gasteiger partial charge < -0.3 is 14.8 Å². The van der Waals surface area contributed by atoms with Gasteiger partial charge in [-0.05, 0) is 42.2 Å². The number of rotatable bonds is 8. The Morgan fingerprint density at radius 2 is 1.86 bits per heavy atom. The van der Waals surface area contributed by atoms with Crippen LogP contribution in [0.25, 0.3) is 6.08 Å². The minimum absolute atomic E-state index is 0.0284. The number of methoxy groups -OCH3 is 1. The molecular formula is C23H26N2O3. The lowest BCUT2D eigenvalue weighted by Gasteiger charge is -2.14. The second-order valence-corrected chi connectivity index (χ2v) is 6.89. The monoisotopic (exact) mass is 378 g/mol. The average Bonchev–Trinajstić information content (AvgIpc) is 2.71. The van der Waals surface area contributed by atoms with Crippen molar-refractivity contribution in [1.82, 2.24) is 5.32 Å². The van der Waals surface area contributed by atoms with Gasteiger partial charge in [0.05, 0.1) is 19.8 Å². The van der Waals surface area contributed by atoms with Gasteiger partial charge in [-0.25, -0.2) is 0 Å². The number of benzene rings is 2. The number of nitrogens with one attached hydrogen (secondary N) is 1. The molecule has 1 atom stereocenters. The van der Waals surface area contributed by atoms with E-state index in [1.807, 2.05) is 43.3 Å². The molecule has 1 amide bonds. The van der Waals surface area contributed by atoms with Crippen LogP contribution >= 0.6 is 0 Å². The summed E-state index contributed by atoms with van der Waals surface area (Å²) in [6.45, 7) is 6.59. The van der Waals surface area contributed by atoms with Crippen molar-refractivity contribution in [2.24, 2.45) is 5.92 Å². The van der Waals surface area contributed by atoms with E-state index in [1.165, 1.54) is 0 Å². The highest BCUT2D eigenvalue weighted by molar-refractivity contribution is 6.01. The highest BCUT2D eigenvalue weighted by Gasteiger charge is 2.14. The molecule has 0 aromatic heterocycles. The van der Waals surface area contributed by atoms with Gasteiger partial charge in [0.25, 0.3) is 5.91 Å². The summed E-state index contributed by atoms with van der Waals surface area (Å²) in [7, 11) is 1.56. The maximum atomic E-state index is 12.5. The van der Waals surface area contributed by atoms with Crippen LogP contribution in [0.1, 0.15) is 37.9 Å². The Labute approximate surface area is 166 Å². The molecule has 1 N–H and O–H groups in total. The minimum Gasteiger partial charge on any atom is -0.493 e. The lowest BCUT2D eigenvalue weighted by Crippen LogP contribution is -2.27. The Hall–Kier alpha value is -3.26. The first-order valence-electron chi connectivity index (χ1n) is 9.23. The third-order valence-corrected chi connectivity index (χ3v) is 4.08. The fourth-order valence-corrected chi connectivity index (χ4v) is 2.56. The third kappa shape index (κ3) is 5.88. The van der Waals surface area contributed by atoms with Crippen molar-refractivity contribution in [2.75, 3.05) is 13.7 Å². The number of carbonyl (C=O) groups is 1. The molecule has 0 fully saturated rings. The van der Waals surface area contributed by atoms with Crippen LogP contribution in [0.4, 0.5) is 0 Å². The fourth-order valence-electron chi connectivity index (χ4n) is 2.56. The SMILES string of the molecule is COc1cc(/C=C(\C#N)C(=O)N[C@H](C)c2ccccc2)ccc1OCC(C)C. The van der Waals surface area contributed by atoms with E-state index in [4.69, 9.17) is 9.47 Å². The predicted molar refractivity (Wildman–Crippen MR) is 110 cm³/mol. The summed E-state index contributed by atoms with van der Waals surface area (Å²) in [5, 5.41) is 12.3. The molecule has 0 bridgehead atoms. The maximum absolute atomic E-state index is 12.5. The van der Waals surface area contributed by atoms with Crippen LogP contribution in [-0.2, 0) is 4.79 Å². The van der Waals surface area contributed by atoms with Crippen molar-refractivity contribution in [1.29, 1.82) is 5.26 Å². The van der Waals surface area contributed by atoms with Gasteiger partial charge in [0.15, 0.2) is 11.5 Å². The highest BCUT2D eigenvalue weighted by Crippen LogP contribution is 2.29. The fraction of sp³-hybridized carbons (Fsp3) is 0.304. The van der Waals surface area contributed by atoms with Crippen molar-refractivity contribution in [3.63, 3.8) is 0 Å². The lowest BCUT2D eigenvalue weighted by molar-refractivity contribution is -0.117. The van der Waals surface area contributed by atoms with E-state index >= 15 is 0 Å². The smallest absolute Gasteiger partial charge is 0.262 e. The normalized spacial score (nSPS) is 12.2. The van der Waals surface area contributed by atoms with Crippen LogP contribution in [0.5, 0.6) is 11.5 Å². The van der Waals surface area contributed by atoms with E-state index in [-0.39, 0.29) is 11.6 Å². The third-order valence-electron chi connectivity index (χ3n) is 4.08. The van der Waals surface area contributed by atoms with Gasteiger partial charge >= 0.3 is 0 Å². The van der Waals surface area contributed by atoms with Gasteiger partial charge in [-0.3, -0.25) is 4.79 Å². The van der Waals surface area contributed by atoms with Gasteiger partial charge in [0, 0.05) is 0 Å². The Morgan fingerprint density at radius 1 is 1.14 bits per heavy atom. The summed E-state index contributed by atoms with van der Waals surface area (Å²) in [5.74, 6) is 1.17. The Kier molecular flexibility index (Phi) is 7.65. The van der Waals surface area contributed by atoms with Crippen LogP contribution < -0.4 is 14.8 Å². The molecule has 0 heterocycles. The molecular weight excluding hydrogens is 352 g/mol. The summed E-state index contributed by atoms with van der Waals surface area (Å²) in [5.41, 5.74) is 1.69. The Morgan fingerprint density at radius 3 is 2.46 bits per heavy atom. The summed E-state index contributed by atoms with van der Waals surface area (Å²) >= 11 is 0. The number of nitriles is 1. The number of hydrogen-bond donors (Lipinski definition) is 1. The number of nitrogens with zero attached hydrogens (tertiary/aromatic N) is 1. The zero-order valence-electron chi connectivity index (χ0n) is 16.7. The number of hydrogen-bond acceptors (Lipinski definition) is 4. The first-order valence-corrected chi connectivity index (χ1v) is 9.23. The molecule has 146 valence electrons. The van der Waals surface area contributed by atoms with Crippen LogP contribution in [0.3, 0.4) is 0 Å². The number of amides is 1. The van der Waals surface area contributed by atoms with Crippen LogP contribution in [0, 0.1) is 17.2 Å². The molecule has 2 rings (SSSR count). The maximum Gasteiger partial charge on any atom is 0.262 e. The molecule has 0 unspecified atom stereocenters. The second-order valence-electron chi connectivity index (χ2n) is 6.89. The van der Waals surface area contributed by atoms with E-state index in [1.54, 1.807) is 31.4 Å². The number of ether oxygens (including phenoxy) is 2. The lowest BCUT2D eigenvalue weighted by atomic mass is 10.1. The van der Waals surface area contributed by atoms with Crippen LogP contribution in [-0.4, -0.2) is 19.6 Å². The molecule has 0 aliphatic heterocycles. The molecule has 5 nitrogen and oxygen atoms in total. The summed E-state index contributed by atoms with van der Waals surface area (Å²) < 4.78 is 11.1. The van der Waals surface area contributed by atoms with Crippen LogP contribution in [0.15, 0.2) is 54.1 Å². The largest absolute Gasteiger partial charge is 0.493 e. The number of carbonyl (C=O) groups excluding carboxylic acids is 1. The predicted octanol–water partition coefficient (Wildman–Crippen LogP) is 4.51.